The summed E-state index contributed by atoms with van der Waals surface area (Å²) in [5.74, 6) is -1.34. The molecule has 8 nitrogen and oxygen atoms in total. The van der Waals surface area contributed by atoms with Crippen LogP contribution in [0, 0.1) is 5.92 Å². The van der Waals surface area contributed by atoms with E-state index in [0.29, 0.717) is 0 Å². The molecule has 2 rings (SSSR count). The Kier molecular flexibility index (Phi) is 8.67. The van der Waals surface area contributed by atoms with E-state index in [1.165, 1.54) is 23.1 Å². The summed E-state index contributed by atoms with van der Waals surface area (Å²) in [6.45, 7) is 7.20. The predicted molar refractivity (Wildman–Crippen MR) is 114 cm³/mol. The Hall–Kier alpha value is -3.07. The number of hydrogen-bond donors (Lipinski definition) is 2. The number of nitrogens with zero attached hydrogens (tertiary/aromatic N) is 1. The highest BCUT2D eigenvalue weighted by atomic mass is 32.1. The zero-order chi connectivity index (χ0) is 22.1. The van der Waals surface area contributed by atoms with Crippen molar-refractivity contribution in [3.05, 3.63) is 55.1 Å². The fourth-order valence-corrected chi connectivity index (χ4v) is 3.44. The molecule has 1 aliphatic heterocycles. The third kappa shape index (κ3) is 6.21. The number of para-hydroxylation sites is 1. The number of anilines is 1. The average Bonchev–Trinajstić information content (AvgIpc) is 3.14. The van der Waals surface area contributed by atoms with E-state index in [0.717, 1.165) is 0 Å². The number of nitrogens with one attached hydrogen (secondary N) is 1. The summed E-state index contributed by atoms with van der Waals surface area (Å²) in [7, 11) is 0. The lowest BCUT2D eigenvalue weighted by atomic mass is 10.0. The Bertz CT molecular complexity index is 841. The van der Waals surface area contributed by atoms with E-state index < -0.39 is 24.0 Å². The van der Waals surface area contributed by atoms with Crippen LogP contribution >= 0.6 is 12.6 Å². The summed E-state index contributed by atoms with van der Waals surface area (Å²) in [6.07, 6.45) is 2.58. The molecule has 1 heterocycles. The molecule has 30 heavy (non-hydrogen) atoms. The van der Waals surface area contributed by atoms with Gasteiger partial charge in [0.2, 0.25) is 5.91 Å². The molecule has 0 bridgehead atoms. The van der Waals surface area contributed by atoms with Crippen molar-refractivity contribution in [2.75, 3.05) is 25.1 Å². The lowest BCUT2D eigenvalue weighted by Crippen LogP contribution is -2.43. The molecular weight excluding hydrogens is 408 g/mol. The Morgan fingerprint density at radius 3 is 2.47 bits per heavy atom. The molecule has 0 aliphatic carbocycles. The first-order valence-corrected chi connectivity index (χ1v) is 9.76. The second kappa shape index (κ2) is 11.2. The quantitative estimate of drug-likeness (QED) is 0.353. The van der Waals surface area contributed by atoms with Crippen molar-refractivity contribution < 1.29 is 28.7 Å². The third-order valence-corrected chi connectivity index (χ3v) is 4.63. The molecule has 0 spiro atoms. The van der Waals surface area contributed by atoms with Gasteiger partial charge in [-0.3, -0.25) is 14.5 Å². The molecule has 0 saturated carbocycles. The Labute approximate surface area is 180 Å². The van der Waals surface area contributed by atoms with Crippen molar-refractivity contribution in [3.8, 4) is 0 Å². The molecule has 1 fully saturated rings. The second-order valence-electron chi connectivity index (χ2n) is 6.66. The first kappa shape index (κ1) is 23.2. The van der Waals surface area contributed by atoms with Crippen molar-refractivity contribution in [1.29, 1.82) is 0 Å². The third-order valence-electron chi connectivity index (χ3n) is 4.45. The van der Waals surface area contributed by atoms with E-state index in [1.54, 1.807) is 18.2 Å². The van der Waals surface area contributed by atoms with Gasteiger partial charge in [0.25, 0.3) is 0 Å². The van der Waals surface area contributed by atoms with Crippen LogP contribution in [0.3, 0.4) is 0 Å². The molecule has 2 amide bonds. The number of carbonyl (C=O) groups excluding carboxylic acids is 4. The maximum Gasteiger partial charge on any atom is 0.410 e. The Morgan fingerprint density at radius 2 is 1.80 bits per heavy atom. The molecular formula is C21H24N2O6S. The van der Waals surface area contributed by atoms with E-state index >= 15 is 0 Å². The van der Waals surface area contributed by atoms with Crippen molar-refractivity contribution in [1.82, 2.24) is 4.90 Å². The van der Waals surface area contributed by atoms with Crippen LogP contribution in [0.15, 0.2) is 49.6 Å². The van der Waals surface area contributed by atoms with Gasteiger partial charge in [-0.15, -0.1) is 12.6 Å². The van der Waals surface area contributed by atoms with Crippen LogP contribution in [0.5, 0.6) is 0 Å². The van der Waals surface area contributed by atoms with Gasteiger partial charge in [0.15, 0.2) is 5.12 Å². The topological polar surface area (TPSA) is 102 Å². The molecule has 0 aromatic heterocycles. The number of hydrogen-bond acceptors (Lipinski definition) is 6. The van der Waals surface area contributed by atoms with Crippen LogP contribution in [0.25, 0.3) is 0 Å². The lowest BCUT2D eigenvalue weighted by molar-refractivity contribution is -0.120. The van der Waals surface area contributed by atoms with Crippen LogP contribution in [-0.4, -0.2) is 53.8 Å². The standard InChI is InChI=1S/C21H24N2O6S/c1-3-9-28-20(26)15-7-5-6-8-16(15)22-19(25)17-11-14(12-18(24)30)13-23(17)21(27)29-10-4-2/h3-8,14,17H,1-2,9-13H2,(H,22,25)(H,24,30)/t14-,17-/m0/s1. The van der Waals surface area contributed by atoms with E-state index in [2.05, 4.69) is 31.1 Å². The number of benzene rings is 1. The minimum atomic E-state index is -0.864. The maximum atomic E-state index is 13.0. The van der Waals surface area contributed by atoms with E-state index in [4.69, 9.17) is 9.47 Å². The van der Waals surface area contributed by atoms with Gasteiger partial charge < -0.3 is 14.8 Å². The van der Waals surface area contributed by atoms with Crippen LogP contribution in [-0.2, 0) is 19.1 Å². The van der Waals surface area contributed by atoms with Crippen molar-refractivity contribution in [3.63, 3.8) is 0 Å². The number of thiol groups is 1. The minimum absolute atomic E-state index is 0.00217. The zero-order valence-corrected chi connectivity index (χ0v) is 17.3. The summed E-state index contributed by atoms with van der Waals surface area (Å²) in [5.41, 5.74) is 0.429. The molecule has 0 radical (unpaired) electrons. The second-order valence-corrected chi connectivity index (χ2v) is 7.15. The largest absolute Gasteiger partial charge is 0.458 e. The molecule has 9 heteroatoms. The SMILES string of the molecule is C=CCOC(=O)c1ccccc1NC(=O)[C@@H]1C[C@@H](CC(=O)S)CN1C(=O)OCC=C. The lowest BCUT2D eigenvalue weighted by Gasteiger charge is -2.23. The maximum absolute atomic E-state index is 13.0. The van der Waals surface area contributed by atoms with E-state index in [1.807, 2.05) is 0 Å². The van der Waals surface area contributed by atoms with Crippen molar-refractivity contribution in [2.45, 2.75) is 18.9 Å². The number of rotatable bonds is 9. The van der Waals surface area contributed by atoms with Gasteiger partial charge in [0.1, 0.15) is 19.3 Å². The Balaban J connectivity index is 2.19. The molecule has 1 saturated heterocycles. The van der Waals surface area contributed by atoms with Crippen molar-refractivity contribution in [2.24, 2.45) is 5.92 Å². The number of carbonyl (C=O) groups is 4. The van der Waals surface area contributed by atoms with Crippen LogP contribution in [0.1, 0.15) is 23.2 Å². The fourth-order valence-electron chi connectivity index (χ4n) is 3.18. The van der Waals surface area contributed by atoms with Gasteiger partial charge in [-0.2, -0.15) is 0 Å². The van der Waals surface area contributed by atoms with E-state index in [-0.39, 0.29) is 54.9 Å². The van der Waals surface area contributed by atoms with Gasteiger partial charge in [-0.25, -0.2) is 9.59 Å². The molecule has 1 N–H and O–H groups in total. The summed E-state index contributed by atoms with van der Waals surface area (Å²) >= 11 is 3.79. The molecule has 0 unspecified atom stereocenters. The van der Waals surface area contributed by atoms with Crippen LogP contribution in [0.2, 0.25) is 0 Å². The first-order chi connectivity index (χ1) is 14.4. The molecule has 1 aliphatic rings. The number of esters is 1. The normalized spacial score (nSPS) is 17.7. The van der Waals surface area contributed by atoms with Gasteiger partial charge in [0, 0.05) is 13.0 Å². The van der Waals surface area contributed by atoms with Gasteiger partial charge >= 0.3 is 12.1 Å². The number of amides is 2. The monoisotopic (exact) mass is 432 g/mol. The molecule has 2 atom stereocenters. The molecule has 1 aromatic rings. The van der Waals surface area contributed by atoms with E-state index in [9.17, 15) is 19.2 Å². The number of ether oxygens (including phenoxy) is 2. The van der Waals surface area contributed by atoms with Crippen LogP contribution in [0.4, 0.5) is 10.5 Å². The molecule has 160 valence electrons. The van der Waals surface area contributed by atoms with Gasteiger partial charge in [0.05, 0.1) is 11.3 Å². The van der Waals surface area contributed by atoms with Crippen LogP contribution < -0.4 is 5.32 Å². The smallest absolute Gasteiger partial charge is 0.410 e. The van der Waals surface area contributed by atoms with Gasteiger partial charge in [-0.05, 0) is 24.5 Å². The van der Waals surface area contributed by atoms with Crippen molar-refractivity contribution >= 4 is 41.4 Å². The first-order valence-electron chi connectivity index (χ1n) is 9.31. The predicted octanol–water partition coefficient (Wildman–Crippen LogP) is 2.83. The summed E-state index contributed by atoms with van der Waals surface area (Å²) in [6, 6.07) is 5.52. The minimum Gasteiger partial charge on any atom is -0.458 e. The number of likely N-dealkylation sites (tertiary alicyclic amines) is 1. The highest BCUT2D eigenvalue weighted by Gasteiger charge is 2.41. The summed E-state index contributed by atoms with van der Waals surface area (Å²) in [5, 5.41) is 2.36. The molecule has 1 aromatic carbocycles. The summed E-state index contributed by atoms with van der Waals surface area (Å²) in [4.78, 5) is 50.2. The van der Waals surface area contributed by atoms with Gasteiger partial charge in [-0.1, -0.05) is 37.4 Å². The fraction of sp³-hybridized carbons (Fsp3) is 0.333. The highest BCUT2D eigenvalue weighted by Crippen LogP contribution is 2.29. The summed E-state index contributed by atoms with van der Waals surface area (Å²) < 4.78 is 10.1. The zero-order valence-electron chi connectivity index (χ0n) is 16.4. The Morgan fingerprint density at radius 1 is 1.13 bits per heavy atom. The average molecular weight is 432 g/mol. The highest BCUT2D eigenvalue weighted by molar-refractivity contribution is 7.96.